The van der Waals surface area contributed by atoms with Crippen LogP contribution in [0, 0.1) is 11.6 Å². The Morgan fingerprint density at radius 2 is 1.85 bits per heavy atom. The zero-order valence-electron chi connectivity index (χ0n) is 14.9. The highest BCUT2D eigenvalue weighted by atomic mass is 19.1. The summed E-state index contributed by atoms with van der Waals surface area (Å²) in [5.41, 5.74) is 2.00. The fourth-order valence-corrected chi connectivity index (χ4v) is 3.72. The summed E-state index contributed by atoms with van der Waals surface area (Å²) in [6, 6.07) is 10.6. The number of hydrogen-bond donors (Lipinski definition) is 2. The Morgan fingerprint density at radius 3 is 2.59 bits per heavy atom. The van der Waals surface area contributed by atoms with E-state index in [1.54, 1.807) is 23.1 Å². The van der Waals surface area contributed by atoms with E-state index < -0.39 is 0 Å². The zero-order chi connectivity index (χ0) is 18.8. The van der Waals surface area contributed by atoms with E-state index in [9.17, 15) is 13.6 Å². The monoisotopic (exact) mass is 372 g/mol. The van der Waals surface area contributed by atoms with Gasteiger partial charge in [-0.05, 0) is 61.9 Å². The van der Waals surface area contributed by atoms with E-state index >= 15 is 0 Å². The van der Waals surface area contributed by atoms with Crippen LogP contribution in [0.25, 0.3) is 0 Å². The van der Waals surface area contributed by atoms with Crippen molar-refractivity contribution in [1.29, 1.82) is 0 Å². The van der Waals surface area contributed by atoms with E-state index in [1.807, 2.05) is 4.90 Å². The number of carbonyl (C=O) groups is 1. The van der Waals surface area contributed by atoms with Crippen LogP contribution in [0.15, 0.2) is 42.5 Å². The Bertz CT molecular complexity index is 821. The second-order valence-corrected chi connectivity index (χ2v) is 6.89. The molecule has 2 aromatic carbocycles. The van der Waals surface area contributed by atoms with Gasteiger partial charge in [0.15, 0.2) is 0 Å². The molecule has 4 rings (SSSR count). The predicted octanol–water partition coefficient (Wildman–Crippen LogP) is 3.38. The van der Waals surface area contributed by atoms with Crippen molar-refractivity contribution in [3.8, 4) is 0 Å². The summed E-state index contributed by atoms with van der Waals surface area (Å²) in [5.74, 6) is -0.699. The number of nitrogens with zero attached hydrogens (tertiary/aromatic N) is 2. The lowest BCUT2D eigenvalue weighted by atomic mass is 10.1. The smallest absolute Gasteiger partial charge is 0.322 e. The molecule has 0 unspecified atom stereocenters. The molecule has 1 atom stereocenters. The SMILES string of the molecule is O=C(NC[C@H]1CCCN1)N1CCN(c2ccc(F)cc2)c2cc(F)ccc21. The van der Waals surface area contributed by atoms with Gasteiger partial charge in [0, 0.05) is 31.4 Å². The van der Waals surface area contributed by atoms with Crippen LogP contribution in [0.3, 0.4) is 0 Å². The molecule has 5 nitrogen and oxygen atoms in total. The Kier molecular flexibility index (Phi) is 4.94. The number of nitrogens with one attached hydrogen (secondary N) is 2. The van der Waals surface area contributed by atoms with Crippen LogP contribution in [0.1, 0.15) is 12.8 Å². The second-order valence-electron chi connectivity index (χ2n) is 6.89. The molecule has 142 valence electrons. The van der Waals surface area contributed by atoms with Crippen LogP contribution in [0.2, 0.25) is 0 Å². The number of fused-ring (bicyclic) bond motifs is 1. The molecule has 7 heteroatoms. The van der Waals surface area contributed by atoms with E-state index in [4.69, 9.17) is 0 Å². The number of carbonyl (C=O) groups excluding carboxylic acids is 1. The molecule has 27 heavy (non-hydrogen) atoms. The third-order valence-corrected chi connectivity index (χ3v) is 5.11. The maximum atomic E-state index is 13.9. The summed E-state index contributed by atoms with van der Waals surface area (Å²) in [5, 5.41) is 6.33. The number of urea groups is 1. The molecule has 0 radical (unpaired) electrons. The topological polar surface area (TPSA) is 47.6 Å². The van der Waals surface area contributed by atoms with Gasteiger partial charge in [0.1, 0.15) is 11.6 Å². The van der Waals surface area contributed by atoms with Gasteiger partial charge in [-0.3, -0.25) is 4.90 Å². The number of amides is 2. The minimum atomic E-state index is -0.377. The quantitative estimate of drug-likeness (QED) is 0.868. The van der Waals surface area contributed by atoms with Gasteiger partial charge in [0.2, 0.25) is 0 Å². The molecule has 0 saturated carbocycles. The highest BCUT2D eigenvalue weighted by Gasteiger charge is 2.28. The summed E-state index contributed by atoms with van der Waals surface area (Å²) in [7, 11) is 0. The lowest BCUT2D eigenvalue weighted by Gasteiger charge is -2.37. The average Bonchev–Trinajstić information content (AvgIpc) is 3.19. The molecule has 2 aliphatic heterocycles. The first-order valence-electron chi connectivity index (χ1n) is 9.23. The predicted molar refractivity (Wildman–Crippen MR) is 102 cm³/mol. The van der Waals surface area contributed by atoms with Crippen molar-refractivity contribution in [2.45, 2.75) is 18.9 Å². The highest BCUT2D eigenvalue weighted by molar-refractivity contribution is 5.98. The van der Waals surface area contributed by atoms with E-state index in [0.29, 0.717) is 37.1 Å². The molecule has 1 fully saturated rings. The van der Waals surface area contributed by atoms with Gasteiger partial charge in [-0.25, -0.2) is 13.6 Å². The molecule has 0 aliphatic carbocycles. The van der Waals surface area contributed by atoms with Crippen LogP contribution < -0.4 is 20.4 Å². The molecule has 2 aliphatic rings. The average molecular weight is 372 g/mol. The second kappa shape index (κ2) is 7.52. The summed E-state index contributed by atoms with van der Waals surface area (Å²) in [4.78, 5) is 16.3. The summed E-state index contributed by atoms with van der Waals surface area (Å²) >= 11 is 0. The number of halogens is 2. The van der Waals surface area contributed by atoms with Crippen LogP contribution >= 0.6 is 0 Å². The maximum absolute atomic E-state index is 13.9. The van der Waals surface area contributed by atoms with Crippen molar-refractivity contribution in [3.05, 3.63) is 54.1 Å². The minimum Gasteiger partial charge on any atom is -0.338 e. The van der Waals surface area contributed by atoms with Crippen LogP contribution in [0.4, 0.5) is 30.6 Å². The van der Waals surface area contributed by atoms with Crippen molar-refractivity contribution in [2.24, 2.45) is 0 Å². The molecule has 2 N–H and O–H groups in total. The lowest BCUT2D eigenvalue weighted by molar-refractivity contribution is 0.245. The van der Waals surface area contributed by atoms with Gasteiger partial charge in [-0.1, -0.05) is 0 Å². The molecular formula is C20H22F2N4O. The fraction of sp³-hybridized carbons (Fsp3) is 0.350. The molecule has 0 spiro atoms. The van der Waals surface area contributed by atoms with Gasteiger partial charge in [-0.2, -0.15) is 0 Å². The summed E-state index contributed by atoms with van der Waals surface area (Å²) < 4.78 is 27.2. The van der Waals surface area contributed by atoms with Gasteiger partial charge in [-0.15, -0.1) is 0 Å². The summed E-state index contributed by atoms with van der Waals surface area (Å²) in [6.45, 7) is 2.52. The van der Waals surface area contributed by atoms with Crippen molar-refractivity contribution >= 4 is 23.1 Å². The standard InChI is InChI=1S/C20H22F2N4O/c21-14-3-6-17(7-4-14)25-10-11-26(18-8-5-15(22)12-19(18)25)20(27)24-13-16-2-1-9-23-16/h3-8,12,16,23H,1-2,9-11,13H2,(H,24,27)/t16-/m1/s1. The Labute approximate surface area is 157 Å². The lowest BCUT2D eigenvalue weighted by Crippen LogP contribution is -2.49. The van der Waals surface area contributed by atoms with Crippen LogP contribution in [-0.2, 0) is 0 Å². The van der Waals surface area contributed by atoms with Gasteiger partial charge in [0.05, 0.1) is 11.4 Å². The van der Waals surface area contributed by atoms with Gasteiger partial charge >= 0.3 is 6.03 Å². The minimum absolute atomic E-state index is 0.185. The van der Waals surface area contributed by atoms with Crippen LogP contribution in [0.5, 0.6) is 0 Å². The summed E-state index contributed by atoms with van der Waals surface area (Å²) in [6.07, 6.45) is 2.18. The normalized spacial score (nSPS) is 19.1. The van der Waals surface area contributed by atoms with E-state index in [1.165, 1.54) is 24.3 Å². The first kappa shape index (κ1) is 17.7. The number of hydrogen-bond acceptors (Lipinski definition) is 3. The van der Waals surface area contributed by atoms with E-state index in [-0.39, 0.29) is 17.7 Å². The Morgan fingerprint density at radius 1 is 1.07 bits per heavy atom. The number of anilines is 3. The molecule has 2 heterocycles. The largest absolute Gasteiger partial charge is 0.338 e. The molecule has 1 saturated heterocycles. The third-order valence-electron chi connectivity index (χ3n) is 5.11. The van der Waals surface area contributed by atoms with Crippen molar-refractivity contribution in [3.63, 3.8) is 0 Å². The number of rotatable bonds is 3. The number of benzene rings is 2. The third kappa shape index (κ3) is 3.73. The molecule has 2 aromatic rings. The molecule has 0 aromatic heterocycles. The van der Waals surface area contributed by atoms with E-state index in [2.05, 4.69) is 10.6 Å². The zero-order valence-corrected chi connectivity index (χ0v) is 14.9. The van der Waals surface area contributed by atoms with E-state index in [0.717, 1.165) is 25.1 Å². The van der Waals surface area contributed by atoms with Gasteiger partial charge < -0.3 is 15.5 Å². The fourth-order valence-electron chi connectivity index (χ4n) is 3.72. The van der Waals surface area contributed by atoms with Gasteiger partial charge in [0.25, 0.3) is 0 Å². The van der Waals surface area contributed by atoms with Crippen molar-refractivity contribution in [2.75, 3.05) is 36.0 Å². The highest BCUT2D eigenvalue weighted by Crippen LogP contribution is 2.38. The maximum Gasteiger partial charge on any atom is 0.322 e. The first-order valence-corrected chi connectivity index (χ1v) is 9.23. The van der Waals surface area contributed by atoms with Crippen molar-refractivity contribution < 1.29 is 13.6 Å². The van der Waals surface area contributed by atoms with Crippen LogP contribution in [-0.4, -0.2) is 38.3 Å². The molecule has 0 bridgehead atoms. The Hall–Kier alpha value is -2.67. The van der Waals surface area contributed by atoms with Crippen molar-refractivity contribution in [1.82, 2.24) is 10.6 Å². The molecular weight excluding hydrogens is 350 g/mol. The first-order chi connectivity index (χ1) is 13.1. The molecule has 2 amide bonds. The Balaban J connectivity index is 1.57.